The molecular formula is C38H43N3O9S. The van der Waals surface area contributed by atoms with Gasteiger partial charge in [-0.3, -0.25) is 19.2 Å². The molecule has 3 aromatic rings. The number of hydrogen-bond donors (Lipinski definition) is 4. The molecule has 13 heteroatoms. The summed E-state index contributed by atoms with van der Waals surface area (Å²) < 4.78 is 16.5. The van der Waals surface area contributed by atoms with Crippen LogP contribution in [0, 0.1) is 6.92 Å². The first-order valence-corrected chi connectivity index (χ1v) is 18.3. The van der Waals surface area contributed by atoms with Crippen molar-refractivity contribution in [3.05, 3.63) is 83.4 Å². The molecule has 12 nitrogen and oxygen atoms in total. The molecule has 0 bridgehead atoms. The molecule has 2 aliphatic heterocycles. The number of amides is 2. The van der Waals surface area contributed by atoms with Crippen LogP contribution < -0.4 is 29.7 Å². The molecule has 2 heterocycles. The van der Waals surface area contributed by atoms with Gasteiger partial charge in [0.05, 0.1) is 18.7 Å². The fourth-order valence-electron chi connectivity index (χ4n) is 6.58. The third-order valence-corrected chi connectivity index (χ3v) is 10.7. The van der Waals surface area contributed by atoms with Crippen molar-refractivity contribution in [3.8, 4) is 17.2 Å². The van der Waals surface area contributed by atoms with E-state index >= 15 is 0 Å². The molecule has 3 aromatic carbocycles. The summed E-state index contributed by atoms with van der Waals surface area (Å²) >= 11 is 1.39. The number of thioether (sulfide) groups is 1. The average Bonchev–Trinajstić information content (AvgIpc) is 3.61. The van der Waals surface area contributed by atoms with Gasteiger partial charge in [-0.2, -0.15) is 0 Å². The second-order valence-electron chi connectivity index (χ2n) is 13.1. The summed E-state index contributed by atoms with van der Waals surface area (Å²) in [5.74, 6) is -0.0896. The molecule has 0 radical (unpaired) electrons. The lowest BCUT2D eigenvalue weighted by atomic mass is 9.92. The standard InChI is InChI=1S/C38H43N3O9S/c1-23-7-12-27(13-8-23)41-35(36(37(41)45)51-21-31(43)25-11-16-32-33(17-25)50-22-49-32)24-9-14-29(15-10-24)48-20-34(44)39-19-28(42)18-30(38(46)47)40-26-5-3-2-4-6-26/h7-17,26,30-31,35-36,40,43H,2-6,18-22H2,1H3,(H,39,44)(H,46,47)/t30-,31?,35-,36-/m1/s1. The number of aliphatic carboxylic acids is 1. The Morgan fingerprint density at radius 1 is 0.980 bits per heavy atom. The lowest BCUT2D eigenvalue weighted by molar-refractivity contribution is -0.141. The van der Waals surface area contributed by atoms with Gasteiger partial charge in [0.15, 0.2) is 23.9 Å². The van der Waals surface area contributed by atoms with E-state index < -0.39 is 29.3 Å². The van der Waals surface area contributed by atoms with Crippen molar-refractivity contribution in [1.29, 1.82) is 0 Å². The van der Waals surface area contributed by atoms with Crippen LogP contribution in [-0.2, 0) is 19.2 Å². The minimum absolute atomic E-state index is 0.0577. The van der Waals surface area contributed by atoms with Gasteiger partial charge < -0.3 is 40.0 Å². The predicted octanol–water partition coefficient (Wildman–Crippen LogP) is 4.48. The van der Waals surface area contributed by atoms with E-state index in [-0.39, 0.29) is 50.1 Å². The first kappa shape index (κ1) is 36.2. The summed E-state index contributed by atoms with van der Waals surface area (Å²) in [5.41, 5.74) is 3.39. The average molecular weight is 718 g/mol. The SMILES string of the molecule is Cc1ccc(N2C(=O)[C@H](SCC(O)c3ccc4c(c3)OCO4)[C@H]2c2ccc(OCC(=O)NCC(=O)C[C@@H](NC3CCCCC3)C(=O)O)cc2)cc1. The predicted molar refractivity (Wildman–Crippen MR) is 191 cm³/mol. The second kappa shape index (κ2) is 16.6. The van der Waals surface area contributed by atoms with E-state index in [2.05, 4.69) is 10.6 Å². The minimum Gasteiger partial charge on any atom is -0.484 e. The van der Waals surface area contributed by atoms with E-state index in [1.165, 1.54) is 11.8 Å². The molecular weight excluding hydrogens is 674 g/mol. The molecule has 6 rings (SSSR count). The summed E-state index contributed by atoms with van der Waals surface area (Å²) in [4.78, 5) is 52.0. The molecule has 2 amide bonds. The molecule has 1 unspecified atom stereocenters. The van der Waals surface area contributed by atoms with Gasteiger partial charge in [0.2, 0.25) is 12.7 Å². The molecule has 270 valence electrons. The van der Waals surface area contributed by atoms with Crippen molar-refractivity contribution in [2.45, 2.75) is 74.9 Å². The number of aliphatic hydroxyl groups is 1. The van der Waals surface area contributed by atoms with Crippen LogP contribution in [0.15, 0.2) is 66.7 Å². The Hall–Kier alpha value is -4.59. The van der Waals surface area contributed by atoms with Crippen LogP contribution in [-0.4, -0.2) is 76.8 Å². The number of carboxylic acids is 1. The van der Waals surface area contributed by atoms with Crippen molar-refractivity contribution >= 4 is 41.0 Å². The van der Waals surface area contributed by atoms with Crippen LogP contribution in [0.1, 0.15) is 67.4 Å². The van der Waals surface area contributed by atoms with E-state index in [4.69, 9.17) is 14.2 Å². The molecule has 2 fully saturated rings. The highest BCUT2D eigenvalue weighted by molar-refractivity contribution is 8.00. The number of ether oxygens (including phenoxy) is 3. The number of aliphatic hydroxyl groups excluding tert-OH is 1. The maximum atomic E-state index is 13.5. The third-order valence-electron chi connectivity index (χ3n) is 9.42. The number of β-lactam (4-membered cyclic amide) rings is 1. The van der Waals surface area contributed by atoms with Gasteiger partial charge in [-0.1, -0.05) is 55.2 Å². The van der Waals surface area contributed by atoms with Crippen LogP contribution in [0.2, 0.25) is 0 Å². The van der Waals surface area contributed by atoms with E-state index in [0.29, 0.717) is 28.6 Å². The van der Waals surface area contributed by atoms with E-state index in [1.807, 2.05) is 43.3 Å². The van der Waals surface area contributed by atoms with Gasteiger partial charge in [-0.25, -0.2) is 0 Å². The fraction of sp³-hybridized carbons (Fsp3) is 0.421. The zero-order valence-corrected chi connectivity index (χ0v) is 29.2. The van der Waals surface area contributed by atoms with Crippen molar-refractivity contribution in [1.82, 2.24) is 10.6 Å². The second-order valence-corrected chi connectivity index (χ2v) is 14.3. The number of Topliss-reactive ketones (excluding diaryl/α,β-unsaturated/α-hetero) is 1. The zero-order valence-electron chi connectivity index (χ0n) is 28.4. The lowest BCUT2D eigenvalue weighted by Crippen LogP contribution is -2.57. The number of hydrogen-bond acceptors (Lipinski definition) is 10. The first-order chi connectivity index (χ1) is 24.7. The van der Waals surface area contributed by atoms with Crippen molar-refractivity contribution in [2.75, 3.05) is 30.6 Å². The van der Waals surface area contributed by atoms with E-state index in [1.54, 1.807) is 35.2 Å². The summed E-state index contributed by atoms with van der Waals surface area (Å²) in [7, 11) is 0. The van der Waals surface area contributed by atoms with Crippen LogP contribution in [0.4, 0.5) is 5.69 Å². The lowest BCUT2D eigenvalue weighted by Gasteiger charge is -2.47. The van der Waals surface area contributed by atoms with Gasteiger partial charge in [0.1, 0.15) is 17.0 Å². The number of carboxylic acid groups (broad SMARTS) is 1. The Balaban J connectivity index is 1.03. The number of nitrogens with one attached hydrogen (secondary N) is 2. The Bertz CT molecular complexity index is 1710. The summed E-state index contributed by atoms with van der Waals surface area (Å²) in [6.07, 6.45) is 3.97. The molecule has 1 saturated heterocycles. The summed E-state index contributed by atoms with van der Waals surface area (Å²) in [6.45, 7) is 1.51. The van der Waals surface area contributed by atoms with Crippen molar-refractivity contribution in [3.63, 3.8) is 0 Å². The highest BCUT2D eigenvalue weighted by Gasteiger charge is 2.49. The number of carbonyl (C=O) groups is 4. The number of nitrogens with zero attached hydrogens (tertiary/aromatic N) is 1. The minimum atomic E-state index is -1.08. The zero-order chi connectivity index (χ0) is 35.9. The molecule has 4 N–H and O–H groups in total. The monoisotopic (exact) mass is 717 g/mol. The van der Waals surface area contributed by atoms with Crippen LogP contribution >= 0.6 is 11.8 Å². The smallest absolute Gasteiger partial charge is 0.321 e. The number of rotatable bonds is 16. The molecule has 1 saturated carbocycles. The van der Waals surface area contributed by atoms with Gasteiger partial charge in [-0.05, 0) is 67.3 Å². The van der Waals surface area contributed by atoms with Gasteiger partial charge in [0, 0.05) is 23.9 Å². The molecule has 4 atom stereocenters. The number of benzene rings is 3. The van der Waals surface area contributed by atoms with E-state index in [0.717, 1.165) is 48.9 Å². The normalized spacial score (nSPS) is 19.6. The maximum Gasteiger partial charge on any atom is 0.321 e. The topological polar surface area (TPSA) is 164 Å². The number of aryl methyl sites for hydroxylation is 1. The summed E-state index contributed by atoms with van der Waals surface area (Å²) in [6, 6.07) is 19.0. The van der Waals surface area contributed by atoms with Gasteiger partial charge in [-0.15, -0.1) is 11.8 Å². The summed E-state index contributed by atoms with van der Waals surface area (Å²) in [5, 5.41) is 25.7. The maximum absolute atomic E-state index is 13.5. The quantitative estimate of drug-likeness (QED) is 0.155. The first-order valence-electron chi connectivity index (χ1n) is 17.2. The van der Waals surface area contributed by atoms with Gasteiger partial charge in [0.25, 0.3) is 5.91 Å². The van der Waals surface area contributed by atoms with Crippen molar-refractivity contribution in [2.24, 2.45) is 0 Å². The molecule has 3 aliphatic rings. The van der Waals surface area contributed by atoms with Crippen LogP contribution in [0.25, 0.3) is 0 Å². The van der Waals surface area contributed by atoms with E-state index in [9.17, 15) is 29.4 Å². The Morgan fingerprint density at radius 2 is 1.71 bits per heavy atom. The van der Waals surface area contributed by atoms with Crippen LogP contribution in [0.3, 0.4) is 0 Å². The third kappa shape index (κ3) is 9.02. The Labute approximate surface area is 300 Å². The highest BCUT2D eigenvalue weighted by Crippen LogP contribution is 2.46. The fourth-order valence-corrected chi connectivity index (χ4v) is 7.88. The Kier molecular flexibility index (Phi) is 11.8. The Morgan fingerprint density at radius 3 is 2.43 bits per heavy atom. The number of anilines is 1. The number of fused-ring (bicyclic) bond motifs is 1. The molecule has 51 heavy (non-hydrogen) atoms. The highest BCUT2D eigenvalue weighted by atomic mass is 32.2. The molecule has 0 aromatic heterocycles. The molecule has 0 spiro atoms. The number of carbonyl (C=O) groups excluding carboxylic acids is 3. The largest absolute Gasteiger partial charge is 0.484 e. The van der Waals surface area contributed by atoms with Crippen molar-refractivity contribution < 1.29 is 43.6 Å². The van der Waals surface area contributed by atoms with Gasteiger partial charge >= 0.3 is 5.97 Å². The van der Waals surface area contributed by atoms with Crippen LogP contribution in [0.5, 0.6) is 17.2 Å². The number of ketones is 1. The molecule has 1 aliphatic carbocycles.